The summed E-state index contributed by atoms with van der Waals surface area (Å²) in [4.78, 5) is 9.90. The molecule has 0 amide bonds. The summed E-state index contributed by atoms with van der Waals surface area (Å²) in [5, 5.41) is 5.29. The Morgan fingerprint density at radius 3 is 1.43 bits per heavy atom. The summed E-state index contributed by atoms with van der Waals surface area (Å²) < 4.78 is 0. The lowest BCUT2D eigenvalue weighted by Crippen LogP contribution is -2.37. The van der Waals surface area contributed by atoms with Crippen molar-refractivity contribution in [2.75, 3.05) is 22.9 Å². The van der Waals surface area contributed by atoms with Crippen LogP contribution in [-0.2, 0) is 0 Å². The molecule has 0 saturated carbocycles. The molecule has 3 nitrogen and oxygen atoms in total. The number of hydrogen-bond acceptors (Lipinski definition) is 3. The van der Waals surface area contributed by atoms with Gasteiger partial charge in [0.15, 0.2) is 5.82 Å². The van der Waals surface area contributed by atoms with Crippen molar-refractivity contribution in [1.29, 1.82) is 0 Å². The Balaban J connectivity index is 1.14. The molecule has 196 valence electrons. The first-order chi connectivity index (χ1) is 20.9. The largest absolute Gasteiger partial charge is 0.336 e. The van der Waals surface area contributed by atoms with Crippen molar-refractivity contribution in [2.45, 2.75) is 0 Å². The Bertz CT molecular complexity index is 2060. The number of benzene rings is 6. The Hall–Kier alpha value is -5.41. The van der Waals surface area contributed by atoms with Crippen LogP contribution in [0.5, 0.6) is 0 Å². The lowest BCUT2D eigenvalue weighted by molar-refractivity contribution is 0.837. The Morgan fingerprint density at radius 1 is 0.381 bits per heavy atom. The topological polar surface area (TPSA) is 19.4 Å². The third kappa shape index (κ3) is 2.78. The van der Waals surface area contributed by atoms with Gasteiger partial charge in [0.1, 0.15) is 0 Å². The summed E-state index contributed by atoms with van der Waals surface area (Å²) >= 11 is 0. The first-order valence-corrected chi connectivity index (χ1v) is 14.7. The molecule has 0 fully saturated rings. The molecule has 0 saturated heterocycles. The van der Waals surface area contributed by atoms with E-state index < -0.39 is 0 Å². The van der Waals surface area contributed by atoms with Gasteiger partial charge in [-0.3, -0.25) is 0 Å². The first kappa shape index (κ1) is 22.3. The minimum atomic E-state index is 0.846. The van der Waals surface area contributed by atoms with Gasteiger partial charge in [-0.05, 0) is 79.5 Å². The van der Waals surface area contributed by atoms with Crippen LogP contribution in [0.15, 0.2) is 128 Å². The molecule has 1 aromatic heterocycles. The third-order valence-electron chi connectivity index (χ3n) is 9.49. The predicted molar refractivity (Wildman–Crippen MR) is 175 cm³/mol. The minimum Gasteiger partial charge on any atom is -0.336 e. The third-order valence-corrected chi connectivity index (χ3v) is 9.49. The molecule has 10 rings (SSSR count). The van der Waals surface area contributed by atoms with Gasteiger partial charge >= 0.3 is 0 Å². The van der Waals surface area contributed by atoms with Crippen LogP contribution in [0, 0.1) is 0 Å². The maximum atomic E-state index is 5.00. The van der Waals surface area contributed by atoms with Crippen molar-refractivity contribution in [1.82, 2.24) is 4.98 Å². The maximum absolute atomic E-state index is 5.00. The highest BCUT2D eigenvalue weighted by atomic mass is 15.3. The average Bonchev–Trinajstić information content (AvgIpc) is 3.56. The molecule has 42 heavy (non-hydrogen) atoms. The molecule has 6 aromatic carbocycles. The lowest BCUT2D eigenvalue weighted by atomic mass is 9.99. The zero-order valence-corrected chi connectivity index (χ0v) is 22.9. The molecule has 1 aliphatic heterocycles. The molecular weight excluding hydrogens is 510 g/mol. The van der Waals surface area contributed by atoms with Crippen LogP contribution in [0.25, 0.3) is 66.1 Å². The van der Waals surface area contributed by atoms with E-state index in [1.165, 1.54) is 77.4 Å². The quantitative estimate of drug-likeness (QED) is 0.220. The normalized spacial score (nSPS) is 13.9. The van der Waals surface area contributed by atoms with E-state index in [2.05, 4.69) is 131 Å². The molecule has 3 aliphatic rings. The fourth-order valence-electron chi connectivity index (χ4n) is 7.78. The maximum Gasteiger partial charge on any atom is 0.157 e. The minimum absolute atomic E-state index is 0.846. The number of rotatable bonds is 2. The predicted octanol–water partition coefficient (Wildman–Crippen LogP) is 9.97. The Kier molecular flexibility index (Phi) is 4.29. The number of aromatic nitrogens is 1. The second-order valence-electron chi connectivity index (χ2n) is 11.5. The van der Waals surface area contributed by atoms with E-state index in [4.69, 9.17) is 4.98 Å². The first-order valence-electron chi connectivity index (χ1n) is 14.7. The molecule has 7 aromatic rings. The Labute approximate surface area is 243 Å². The monoisotopic (exact) mass is 535 g/mol. The summed E-state index contributed by atoms with van der Waals surface area (Å²) in [5.74, 6) is 1.01. The van der Waals surface area contributed by atoms with Crippen molar-refractivity contribution in [3.8, 4) is 44.5 Å². The Morgan fingerprint density at radius 2 is 0.857 bits per heavy atom. The van der Waals surface area contributed by atoms with Gasteiger partial charge in [0, 0.05) is 35.7 Å². The average molecular weight is 536 g/mol. The number of pyridine rings is 1. The summed E-state index contributed by atoms with van der Waals surface area (Å²) in [6.07, 6.45) is 1.93. The van der Waals surface area contributed by atoms with Crippen LogP contribution in [0.2, 0.25) is 0 Å². The molecule has 0 radical (unpaired) electrons. The fraction of sp³-hybridized carbons (Fsp3) is 0.0513. The van der Waals surface area contributed by atoms with Crippen molar-refractivity contribution in [3.05, 3.63) is 128 Å². The molecule has 0 N–H and O–H groups in total. The van der Waals surface area contributed by atoms with Crippen molar-refractivity contribution in [3.63, 3.8) is 0 Å². The standard InChI is InChI=1S/C39H25N3/c1-3-10-26-24(8-1)28-12-5-14-32-34(19-17-30(26)37(28)32)41-22-23-42(39-36(41)16-7-21-40-39)35-20-18-31-27-11-4-2-9-25(27)29-13-6-15-33(35)38(29)31/h1-21H,22-23H2. The van der Waals surface area contributed by atoms with Crippen LogP contribution in [0.3, 0.4) is 0 Å². The van der Waals surface area contributed by atoms with Crippen LogP contribution >= 0.6 is 0 Å². The number of hydrogen-bond donors (Lipinski definition) is 0. The van der Waals surface area contributed by atoms with Crippen molar-refractivity contribution < 1.29 is 0 Å². The summed E-state index contributed by atoms with van der Waals surface area (Å²) in [6, 6.07) is 44.6. The lowest BCUT2D eigenvalue weighted by Gasteiger charge is -2.38. The molecule has 2 heterocycles. The van der Waals surface area contributed by atoms with Gasteiger partial charge in [0.2, 0.25) is 0 Å². The smallest absolute Gasteiger partial charge is 0.157 e. The van der Waals surface area contributed by atoms with Gasteiger partial charge in [-0.1, -0.05) is 97.1 Å². The van der Waals surface area contributed by atoms with Crippen molar-refractivity contribution in [2.24, 2.45) is 0 Å². The van der Waals surface area contributed by atoms with E-state index in [1.54, 1.807) is 0 Å². The fourth-order valence-corrected chi connectivity index (χ4v) is 7.78. The van der Waals surface area contributed by atoms with Gasteiger partial charge in [0.05, 0.1) is 11.4 Å². The second-order valence-corrected chi connectivity index (χ2v) is 11.5. The van der Waals surface area contributed by atoms with E-state index in [1.807, 2.05) is 6.20 Å². The molecule has 0 atom stereocenters. The highest BCUT2D eigenvalue weighted by Crippen LogP contribution is 2.53. The van der Waals surface area contributed by atoms with E-state index in [-0.39, 0.29) is 0 Å². The van der Waals surface area contributed by atoms with E-state index in [9.17, 15) is 0 Å². The molecule has 0 bridgehead atoms. The summed E-state index contributed by atoms with van der Waals surface area (Å²) in [5.41, 5.74) is 14.2. The molecule has 0 spiro atoms. The van der Waals surface area contributed by atoms with Gasteiger partial charge in [-0.15, -0.1) is 0 Å². The van der Waals surface area contributed by atoms with E-state index in [0.29, 0.717) is 0 Å². The van der Waals surface area contributed by atoms with Crippen LogP contribution in [0.1, 0.15) is 0 Å². The number of nitrogens with zero attached hydrogens (tertiary/aromatic N) is 3. The van der Waals surface area contributed by atoms with E-state index in [0.717, 1.165) is 24.6 Å². The molecule has 2 aliphatic carbocycles. The van der Waals surface area contributed by atoms with Gasteiger partial charge in [0.25, 0.3) is 0 Å². The highest BCUT2D eigenvalue weighted by Gasteiger charge is 2.31. The van der Waals surface area contributed by atoms with Crippen LogP contribution < -0.4 is 9.80 Å². The molecule has 3 heteroatoms. The van der Waals surface area contributed by atoms with E-state index >= 15 is 0 Å². The van der Waals surface area contributed by atoms with Gasteiger partial charge < -0.3 is 9.80 Å². The molecular formula is C39H25N3. The molecule has 0 unspecified atom stereocenters. The van der Waals surface area contributed by atoms with Crippen LogP contribution in [0.4, 0.5) is 22.9 Å². The number of anilines is 4. The van der Waals surface area contributed by atoms with Crippen LogP contribution in [-0.4, -0.2) is 18.1 Å². The zero-order valence-electron chi connectivity index (χ0n) is 22.9. The second kappa shape index (κ2) is 8.08. The summed E-state index contributed by atoms with van der Waals surface area (Å²) in [7, 11) is 0. The summed E-state index contributed by atoms with van der Waals surface area (Å²) in [6.45, 7) is 1.71. The SMILES string of the molecule is c1ccc2c(c1)-c1cccc3c(N4CCN(c5ccc6c7c(cccc57)-c5ccccc5-6)c5ncccc54)ccc-2c13. The zero-order chi connectivity index (χ0) is 27.4. The van der Waals surface area contributed by atoms with Gasteiger partial charge in [-0.2, -0.15) is 0 Å². The highest BCUT2D eigenvalue weighted by molar-refractivity contribution is 6.20. The van der Waals surface area contributed by atoms with Crippen molar-refractivity contribution >= 4 is 44.4 Å². The van der Waals surface area contributed by atoms with Gasteiger partial charge in [-0.25, -0.2) is 4.98 Å². The number of fused-ring (bicyclic) bond motifs is 7.